The van der Waals surface area contributed by atoms with Crippen molar-refractivity contribution in [2.45, 2.75) is 24.3 Å². The Kier molecular flexibility index (Phi) is 6.00. The second-order valence-electron chi connectivity index (χ2n) is 5.67. The van der Waals surface area contributed by atoms with Crippen molar-refractivity contribution in [2.75, 3.05) is 45.8 Å². The minimum absolute atomic E-state index is 0.205. The van der Waals surface area contributed by atoms with Gasteiger partial charge in [-0.1, -0.05) is 0 Å². The molecule has 120 valence electrons. The van der Waals surface area contributed by atoms with Gasteiger partial charge in [0, 0.05) is 20.1 Å². The fraction of sp³-hybridized carbons (Fsp3) is 0.571. The molecule has 1 aromatic rings. The van der Waals surface area contributed by atoms with E-state index in [0.717, 1.165) is 18.7 Å². The number of nitrogens with two attached hydrogens (primary N) is 1. The van der Waals surface area contributed by atoms with Gasteiger partial charge in [0.25, 0.3) is 0 Å². The lowest BCUT2D eigenvalue weighted by atomic mass is 10.2. The summed E-state index contributed by atoms with van der Waals surface area (Å²) in [6, 6.07) is 5.05. The summed E-state index contributed by atoms with van der Waals surface area (Å²) >= 11 is 0. The number of rotatable bonds is 7. The van der Waals surface area contributed by atoms with Gasteiger partial charge in [0.2, 0.25) is 10.0 Å². The van der Waals surface area contributed by atoms with Crippen molar-refractivity contribution in [2.24, 2.45) is 0 Å². The Balaban J connectivity index is 2.84. The molecule has 0 heterocycles. The Morgan fingerprint density at radius 1 is 1.24 bits per heavy atom. The minimum atomic E-state index is -3.45. The molecule has 0 fully saturated rings. The number of nitrogens with one attached hydrogen (secondary N) is 1. The van der Waals surface area contributed by atoms with E-state index in [1.807, 2.05) is 14.1 Å². The highest BCUT2D eigenvalue weighted by atomic mass is 32.2. The molecule has 0 radical (unpaired) electrons. The number of hydrogen-bond acceptors (Lipinski definition) is 5. The molecule has 0 aliphatic rings. The molecular weight excluding hydrogens is 288 g/mol. The number of sulfonamides is 1. The van der Waals surface area contributed by atoms with E-state index < -0.39 is 10.0 Å². The van der Waals surface area contributed by atoms with Crippen LogP contribution in [-0.2, 0) is 10.0 Å². The fourth-order valence-electron chi connectivity index (χ4n) is 1.83. The third kappa shape index (κ3) is 4.87. The van der Waals surface area contributed by atoms with E-state index >= 15 is 0 Å². The Bertz CT molecular complexity index is 570. The van der Waals surface area contributed by atoms with Crippen molar-refractivity contribution in [1.82, 2.24) is 9.21 Å². The molecule has 7 heteroatoms. The highest BCUT2D eigenvalue weighted by Gasteiger charge is 2.18. The van der Waals surface area contributed by atoms with Crippen LogP contribution in [0.2, 0.25) is 0 Å². The molecule has 1 atom stereocenters. The Morgan fingerprint density at radius 3 is 2.33 bits per heavy atom. The number of hydrogen-bond donors (Lipinski definition) is 2. The molecule has 0 aromatic heterocycles. The number of nitrogen functional groups attached to an aromatic ring is 1. The predicted molar refractivity (Wildman–Crippen MR) is 88.0 cm³/mol. The summed E-state index contributed by atoms with van der Waals surface area (Å²) in [5.74, 6) is 0. The minimum Gasteiger partial charge on any atom is -0.397 e. The van der Waals surface area contributed by atoms with E-state index in [1.54, 1.807) is 12.1 Å². The molecule has 1 unspecified atom stereocenters. The molecular formula is C14H26N4O2S. The first kappa shape index (κ1) is 17.7. The molecule has 21 heavy (non-hydrogen) atoms. The average Bonchev–Trinajstić information content (AvgIpc) is 2.38. The van der Waals surface area contributed by atoms with Gasteiger partial charge >= 0.3 is 0 Å². The van der Waals surface area contributed by atoms with Crippen molar-refractivity contribution in [3.8, 4) is 0 Å². The van der Waals surface area contributed by atoms with Crippen LogP contribution in [0.15, 0.2) is 23.1 Å². The van der Waals surface area contributed by atoms with Gasteiger partial charge in [0.15, 0.2) is 0 Å². The second kappa shape index (κ2) is 7.11. The molecule has 0 saturated heterocycles. The van der Waals surface area contributed by atoms with E-state index in [2.05, 4.69) is 17.1 Å². The van der Waals surface area contributed by atoms with Crippen molar-refractivity contribution in [1.29, 1.82) is 0 Å². The lowest BCUT2D eigenvalue weighted by Crippen LogP contribution is -2.24. The summed E-state index contributed by atoms with van der Waals surface area (Å²) in [6.45, 7) is 3.05. The molecule has 3 N–H and O–H groups in total. The van der Waals surface area contributed by atoms with Gasteiger partial charge in [-0.05, 0) is 52.2 Å². The van der Waals surface area contributed by atoms with Crippen LogP contribution < -0.4 is 11.1 Å². The van der Waals surface area contributed by atoms with E-state index in [0.29, 0.717) is 5.69 Å². The number of anilines is 2. The molecule has 0 saturated carbocycles. The summed E-state index contributed by atoms with van der Waals surface area (Å²) in [4.78, 5) is 2.32. The largest absolute Gasteiger partial charge is 0.397 e. The molecule has 1 rings (SSSR count). The first-order chi connectivity index (χ1) is 9.64. The topological polar surface area (TPSA) is 78.7 Å². The molecule has 1 aromatic carbocycles. The highest BCUT2D eigenvalue weighted by molar-refractivity contribution is 7.89. The summed E-state index contributed by atoms with van der Waals surface area (Å²) in [5, 5.41) is 3.31. The van der Waals surface area contributed by atoms with Crippen molar-refractivity contribution in [3.63, 3.8) is 0 Å². The van der Waals surface area contributed by atoms with Gasteiger partial charge in [-0.2, -0.15) is 0 Å². The average molecular weight is 314 g/mol. The zero-order chi connectivity index (χ0) is 16.2. The number of nitrogens with zero attached hydrogens (tertiary/aromatic N) is 2. The summed E-state index contributed by atoms with van der Waals surface area (Å²) in [6.07, 6.45) is 0.976. The van der Waals surface area contributed by atoms with Crippen molar-refractivity contribution < 1.29 is 8.42 Å². The maximum Gasteiger partial charge on any atom is 0.242 e. The van der Waals surface area contributed by atoms with E-state index in [9.17, 15) is 8.42 Å². The summed E-state index contributed by atoms with van der Waals surface area (Å²) in [7, 11) is 3.61. The van der Waals surface area contributed by atoms with Gasteiger partial charge in [0.05, 0.1) is 16.3 Å². The smallest absolute Gasteiger partial charge is 0.242 e. The first-order valence-electron chi connectivity index (χ1n) is 6.88. The molecule has 0 aliphatic carbocycles. The summed E-state index contributed by atoms with van der Waals surface area (Å²) < 4.78 is 25.3. The third-order valence-corrected chi connectivity index (χ3v) is 5.02. The maximum absolute atomic E-state index is 12.0. The summed E-state index contributed by atoms with van der Waals surface area (Å²) in [5.41, 5.74) is 7.17. The maximum atomic E-state index is 12.0. The molecule has 0 bridgehead atoms. The molecule has 0 spiro atoms. The van der Waals surface area contributed by atoms with Gasteiger partial charge in [0.1, 0.15) is 0 Å². The Hall–Kier alpha value is -1.31. The molecule has 0 amide bonds. The number of benzene rings is 1. The van der Waals surface area contributed by atoms with Crippen LogP contribution in [0, 0.1) is 0 Å². The normalized spacial score (nSPS) is 13.7. The first-order valence-corrected chi connectivity index (χ1v) is 8.32. The Morgan fingerprint density at radius 2 is 1.86 bits per heavy atom. The Labute approximate surface area is 128 Å². The lowest BCUT2D eigenvalue weighted by molar-refractivity contribution is 0.390. The predicted octanol–water partition coefficient (Wildman–Crippen LogP) is 1.27. The second-order valence-corrected chi connectivity index (χ2v) is 7.83. The fourth-order valence-corrected chi connectivity index (χ4v) is 2.77. The van der Waals surface area contributed by atoms with Gasteiger partial charge < -0.3 is 16.0 Å². The van der Waals surface area contributed by atoms with Crippen LogP contribution in [0.25, 0.3) is 0 Å². The lowest BCUT2D eigenvalue weighted by Gasteiger charge is -2.19. The van der Waals surface area contributed by atoms with Crippen LogP contribution in [0.3, 0.4) is 0 Å². The van der Waals surface area contributed by atoms with Gasteiger partial charge in [-0.25, -0.2) is 12.7 Å². The van der Waals surface area contributed by atoms with E-state index in [1.165, 1.54) is 24.5 Å². The van der Waals surface area contributed by atoms with Crippen LogP contribution in [0.5, 0.6) is 0 Å². The monoisotopic (exact) mass is 314 g/mol. The SMILES string of the molecule is CC(CCN(C)C)Nc1ccc(S(=O)(=O)N(C)C)cc1N. The van der Waals surface area contributed by atoms with Gasteiger partial charge in [-0.15, -0.1) is 0 Å². The highest BCUT2D eigenvalue weighted by Crippen LogP contribution is 2.24. The van der Waals surface area contributed by atoms with Crippen molar-refractivity contribution >= 4 is 21.4 Å². The molecule has 0 aliphatic heterocycles. The van der Waals surface area contributed by atoms with Gasteiger partial charge in [-0.3, -0.25) is 0 Å². The van der Waals surface area contributed by atoms with Crippen LogP contribution >= 0.6 is 0 Å². The third-order valence-electron chi connectivity index (χ3n) is 3.21. The van der Waals surface area contributed by atoms with E-state index in [-0.39, 0.29) is 10.9 Å². The zero-order valence-electron chi connectivity index (χ0n) is 13.4. The quantitative estimate of drug-likeness (QED) is 0.741. The molecule has 6 nitrogen and oxygen atoms in total. The van der Waals surface area contributed by atoms with Crippen LogP contribution in [0.1, 0.15) is 13.3 Å². The standard InChI is InChI=1S/C14H26N4O2S/c1-11(8-9-17(2)3)16-14-7-6-12(10-13(14)15)21(19,20)18(4)5/h6-7,10-11,16H,8-9,15H2,1-5H3. The van der Waals surface area contributed by atoms with Crippen LogP contribution in [-0.4, -0.2) is 58.4 Å². The zero-order valence-corrected chi connectivity index (χ0v) is 14.2. The van der Waals surface area contributed by atoms with Crippen LogP contribution in [0.4, 0.5) is 11.4 Å². The van der Waals surface area contributed by atoms with E-state index in [4.69, 9.17) is 5.73 Å². The van der Waals surface area contributed by atoms with Crippen molar-refractivity contribution in [3.05, 3.63) is 18.2 Å².